The summed E-state index contributed by atoms with van der Waals surface area (Å²) < 4.78 is 0. The van der Waals surface area contributed by atoms with Gasteiger partial charge in [0, 0.05) is 12.5 Å². The summed E-state index contributed by atoms with van der Waals surface area (Å²) in [6.07, 6.45) is 1.66. The van der Waals surface area contributed by atoms with Gasteiger partial charge in [0.2, 0.25) is 11.8 Å². The van der Waals surface area contributed by atoms with Crippen molar-refractivity contribution in [1.82, 2.24) is 5.32 Å². The summed E-state index contributed by atoms with van der Waals surface area (Å²) >= 11 is 0. The summed E-state index contributed by atoms with van der Waals surface area (Å²) in [5, 5.41) is 9.46. The molecule has 5 nitrogen and oxygen atoms in total. The molecule has 0 aliphatic rings. The Hall–Kier alpha value is -1.39. The van der Waals surface area contributed by atoms with Crippen LogP contribution in [0.15, 0.2) is 0 Å². The van der Waals surface area contributed by atoms with E-state index in [4.69, 9.17) is 11.1 Å². The molecule has 80 valence electrons. The zero-order valence-corrected chi connectivity index (χ0v) is 8.76. The Kier molecular flexibility index (Phi) is 4.27. The Morgan fingerprint density at radius 2 is 2.07 bits per heavy atom. The molecule has 1 atom stereocenters. The van der Waals surface area contributed by atoms with Crippen LogP contribution in [-0.2, 0) is 9.59 Å². The van der Waals surface area contributed by atoms with Crippen molar-refractivity contribution in [2.45, 2.75) is 33.2 Å². The van der Waals surface area contributed by atoms with E-state index in [-0.39, 0.29) is 6.04 Å². The zero-order valence-electron chi connectivity index (χ0n) is 8.76. The van der Waals surface area contributed by atoms with Crippen LogP contribution in [0.5, 0.6) is 0 Å². The lowest BCUT2D eigenvalue weighted by atomic mass is 9.91. The Morgan fingerprint density at radius 1 is 1.57 bits per heavy atom. The van der Waals surface area contributed by atoms with Gasteiger partial charge in [-0.2, -0.15) is 0 Å². The molecule has 0 bridgehead atoms. The predicted molar refractivity (Wildman–Crippen MR) is 54.0 cm³/mol. The average molecular weight is 199 g/mol. The molecule has 0 aromatic carbocycles. The normalized spacial score (nSPS) is 13.1. The van der Waals surface area contributed by atoms with Gasteiger partial charge in [0.25, 0.3) is 0 Å². The molecule has 4 N–H and O–H groups in total. The molecule has 0 aliphatic heterocycles. The molecule has 14 heavy (non-hydrogen) atoms. The lowest BCUT2D eigenvalue weighted by Crippen LogP contribution is -2.48. The van der Waals surface area contributed by atoms with Gasteiger partial charge in [0.15, 0.2) is 0 Å². The number of nitrogens with two attached hydrogens (primary N) is 1. The topological polar surface area (TPSA) is 96.0 Å². The molecular weight excluding hydrogens is 182 g/mol. The Labute approximate surface area is 83.6 Å². The van der Waals surface area contributed by atoms with Gasteiger partial charge in [-0.05, 0) is 27.0 Å². The lowest BCUT2D eigenvalue weighted by molar-refractivity contribution is -0.139. The van der Waals surface area contributed by atoms with Crippen LogP contribution in [0, 0.1) is 10.8 Å². The zero-order chi connectivity index (χ0) is 11.4. The van der Waals surface area contributed by atoms with E-state index in [0.717, 1.165) is 0 Å². The fourth-order valence-electron chi connectivity index (χ4n) is 0.752. The summed E-state index contributed by atoms with van der Waals surface area (Å²) in [5.41, 5.74) is 3.88. The number of carbonyl (C=O) groups is 2. The number of rotatable bonds is 5. The summed E-state index contributed by atoms with van der Waals surface area (Å²) in [4.78, 5) is 22.4. The maximum Gasteiger partial charge on any atom is 0.235 e. The molecular formula is C9H17N3O2. The highest BCUT2D eigenvalue weighted by Gasteiger charge is 2.34. The Balaban J connectivity index is 4.34. The van der Waals surface area contributed by atoms with E-state index in [0.29, 0.717) is 6.42 Å². The highest BCUT2D eigenvalue weighted by Crippen LogP contribution is 2.14. The van der Waals surface area contributed by atoms with E-state index in [1.807, 2.05) is 0 Å². The van der Waals surface area contributed by atoms with Gasteiger partial charge in [-0.3, -0.25) is 9.59 Å². The van der Waals surface area contributed by atoms with E-state index >= 15 is 0 Å². The van der Waals surface area contributed by atoms with Gasteiger partial charge in [-0.25, -0.2) is 0 Å². The maximum absolute atomic E-state index is 11.5. The van der Waals surface area contributed by atoms with Gasteiger partial charge in [0.1, 0.15) is 5.41 Å². The van der Waals surface area contributed by atoms with Crippen LogP contribution < -0.4 is 11.1 Å². The molecule has 0 aromatic heterocycles. The van der Waals surface area contributed by atoms with E-state index in [1.165, 1.54) is 20.1 Å². The summed E-state index contributed by atoms with van der Waals surface area (Å²) in [7, 11) is 0. The van der Waals surface area contributed by atoms with Crippen LogP contribution in [0.1, 0.15) is 27.2 Å². The number of carbonyl (C=O) groups excluding carboxylic acids is 2. The van der Waals surface area contributed by atoms with Gasteiger partial charge in [0.05, 0.1) is 0 Å². The first-order valence-corrected chi connectivity index (χ1v) is 4.42. The van der Waals surface area contributed by atoms with E-state index in [9.17, 15) is 9.59 Å². The second-order valence-corrected chi connectivity index (χ2v) is 3.80. The van der Waals surface area contributed by atoms with Crippen molar-refractivity contribution < 1.29 is 9.59 Å². The number of hydrogen-bond donors (Lipinski definition) is 3. The van der Waals surface area contributed by atoms with Gasteiger partial charge in [-0.15, -0.1) is 0 Å². The number of amides is 2. The number of nitrogens with one attached hydrogen (secondary N) is 2. The lowest BCUT2D eigenvalue weighted by Gasteiger charge is -2.22. The Bertz CT molecular complexity index is 248. The predicted octanol–water partition coefficient (Wildman–Crippen LogP) is 0.0423. The minimum absolute atomic E-state index is 0.154. The molecule has 2 amide bonds. The molecule has 0 rings (SSSR count). The quantitative estimate of drug-likeness (QED) is 0.430. The van der Waals surface area contributed by atoms with E-state index in [1.54, 1.807) is 6.92 Å². The highest BCUT2D eigenvalue weighted by molar-refractivity contribution is 6.03. The summed E-state index contributed by atoms with van der Waals surface area (Å²) in [6.45, 7) is 4.71. The first kappa shape index (κ1) is 12.6. The summed E-state index contributed by atoms with van der Waals surface area (Å²) in [5.74, 6) is -1.06. The van der Waals surface area contributed by atoms with Crippen LogP contribution in [-0.4, -0.2) is 24.1 Å². The van der Waals surface area contributed by atoms with E-state index < -0.39 is 17.2 Å². The smallest absolute Gasteiger partial charge is 0.235 e. The number of hydrogen-bond acceptors (Lipinski definition) is 3. The van der Waals surface area contributed by atoms with Gasteiger partial charge >= 0.3 is 0 Å². The monoisotopic (exact) mass is 199 g/mol. The fraction of sp³-hybridized carbons (Fsp3) is 0.667. The van der Waals surface area contributed by atoms with Crippen LogP contribution in [0.2, 0.25) is 0 Å². The van der Waals surface area contributed by atoms with Crippen molar-refractivity contribution in [3.8, 4) is 0 Å². The maximum atomic E-state index is 11.5. The molecule has 0 saturated carbocycles. The van der Waals surface area contributed by atoms with Crippen LogP contribution >= 0.6 is 0 Å². The SMILES string of the molecule is C[C@@H](CC=N)NC(=O)C(C)(C)C(N)=O. The molecule has 0 unspecified atom stereocenters. The highest BCUT2D eigenvalue weighted by atomic mass is 16.2. The first-order valence-electron chi connectivity index (χ1n) is 4.42. The van der Waals surface area contributed by atoms with Crippen LogP contribution in [0.4, 0.5) is 0 Å². The molecule has 0 aromatic rings. The number of primary amides is 1. The third kappa shape index (κ3) is 3.16. The molecule has 0 saturated heterocycles. The molecule has 5 heteroatoms. The van der Waals surface area contributed by atoms with E-state index in [2.05, 4.69) is 5.32 Å². The third-order valence-electron chi connectivity index (χ3n) is 2.03. The Morgan fingerprint density at radius 3 is 2.43 bits per heavy atom. The summed E-state index contributed by atoms with van der Waals surface area (Å²) in [6, 6.07) is -0.154. The molecule has 0 heterocycles. The van der Waals surface area contributed by atoms with Gasteiger partial charge in [-0.1, -0.05) is 0 Å². The minimum Gasteiger partial charge on any atom is -0.369 e. The van der Waals surface area contributed by atoms with Crippen molar-refractivity contribution in [3.05, 3.63) is 0 Å². The first-order chi connectivity index (χ1) is 6.32. The van der Waals surface area contributed by atoms with Crippen molar-refractivity contribution in [2.75, 3.05) is 0 Å². The fourth-order valence-corrected chi connectivity index (χ4v) is 0.752. The molecule has 0 aliphatic carbocycles. The molecule has 0 spiro atoms. The van der Waals surface area contributed by atoms with Crippen LogP contribution in [0.3, 0.4) is 0 Å². The molecule has 0 radical (unpaired) electrons. The largest absolute Gasteiger partial charge is 0.369 e. The van der Waals surface area contributed by atoms with Crippen molar-refractivity contribution in [3.63, 3.8) is 0 Å². The van der Waals surface area contributed by atoms with Crippen molar-refractivity contribution in [1.29, 1.82) is 5.41 Å². The second-order valence-electron chi connectivity index (χ2n) is 3.80. The van der Waals surface area contributed by atoms with Crippen molar-refractivity contribution in [2.24, 2.45) is 11.1 Å². The third-order valence-corrected chi connectivity index (χ3v) is 2.03. The standard InChI is InChI=1S/C9H17N3O2/c1-6(4-5-10)12-8(14)9(2,3)7(11)13/h5-6,10H,4H2,1-3H3,(H2,11,13)(H,12,14)/t6-/m0/s1. The molecule has 0 fully saturated rings. The minimum atomic E-state index is -1.20. The van der Waals surface area contributed by atoms with Gasteiger partial charge < -0.3 is 16.5 Å². The average Bonchev–Trinajstić information content (AvgIpc) is 2.03. The van der Waals surface area contributed by atoms with Crippen molar-refractivity contribution >= 4 is 18.0 Å². The second kappa shape index (κ2) is 4.74. The van der Waals surface area contributed by atoms with Crippen LogP contribution in [0.25, 0.3) is 0 Å².